The normalized spacial score (nSPS) is 29.8. The van der Waals surface area contributed by atoms with E-state index < -0.39 is 0 Å². The molecular weight excluding hydrogens is 347 g/mol. The van der Waals surface area contributed by atoms with E-state index in [4.69, 9.17) is 0 Å². The average Bonchev–Trinajstić information content (AvgIpc) is 3.17. The summed E-state index contributed by atoms with van der Waals surface area (Å²) in [7, 11) is 4.33. The molecule has 1 saturated heterocycles. The summed E-state index contributed by atoms with van der Waals surface area (Å²) in [6.45, 7) is 6.67. The minimum atomic E-state index is 0.618. The van der Waals surface area contributed by atoms with Gasteiger partial charge in [0.2, 0.25) is 0 Å². The van der Waals surface area contributed by atoms with Crippen LogP contribution in [0.5, 0.6) is 0 Å². The molecule has 0 radical (unpaired) electrons. The second-order valence-corrected chi connectivity index (χ2v) is 12.0. The minimum absolute atomic E-state index is 0.618. The van der Waals surface area contributed by atoms with Crippen LogP contribution in [-0.4, -0.2) is 39.1 Å². The molecule has 1 unspecified atom stereocenters. The van der Waals surface area contributed by atoms with E-state index in [1.165, 1.54) is 150 Å². The minimum Gasteiger partial charge on any atom is -0.356 e. The first-order valence-corrected chi connectivity index (χ1v) is 13.8. The van der Waals surface area contributed by atoms with Gasteiger partial charge in [0.15, 0.2) is 7.31 Å². The topological polar surface area (TPSA) is 3.24 Å². The lowest BCUT2D eigenvalue weighted by atomic mass is 9.30. The predicted octanol–water partition coefficient (Wildman–Crippen LogP) is 6.56. The van der Waals surface area contributed by atoms with Gasteiger partial charge >= 0.3 is 0 Å². The average molecular weight is 397 g/mol. The van der Waals surface area contributed by atoms with E-state index in [1.807, 2.05) is 0 Å². The van der Waals surface area contributed by atoms with Gasteiger partial charge in [0, 0.05) is 0 Å². The molecule has 164 valence electrons. The van der Waals surface area contributed by atoms with Crippen molar-refractivity contribution in [3.8, 4) is 0 Å². The molecule has 1 aliphatic heterocycles. The van der Waals surface area contributed by atoms with Crippen LogP contribution in [0.1, 0.15) is 136 Å². The molecule has 1 nitrogen and oxygen atoms in total. The number of nitrogens with zero attached hydrogens (tertiary/aromatic N) is 1. The smallest absolute Gasteiger partial charge is 0.165 e. The molecule has 3 aliphatic rings. The molecule has 0 spiro atoms. The van der Waals surface area contributed by atoms with E-state index in [-0.39, 0.29) is 0 Å². The maximum atomic E-state index is 2.95. The third-order valence-electron chi connectivity index (χ3n) is 9.10. The van der Waals surface area contributed by atoms with Gasteiger partial charge in [-0.25, -0.2) is 0 Å². The summed E-state index contributed by atoms with van der Waals surface area (Å²) >= 11 is 0. The van der Waals surface area contributed by atoms with Crippen LogP contribution in [0, 0.1) is 0 Å². The van der Waals surface area contributed by atoms with Crippen molar-refractivity contribution >= 4 is 21.8 Å². The maximum absolute atomic E-state index is 2.95. The summed E-state index contributed by atoms with van der Waals surface area (Å²) in [5.74, 6) is 0.892. The third kappa shape index (κ3) is 8.31. The third-order valence-corrected chi connectivity index (χ3v) is 9.10. The lowest BCUT2D eigenvalue weighted by Gasteiger charge is -2.36. The summed E-state index contributed by atoms with van der Waals surface area (Å²) in [5, 5.41) is 1.24. The van der Waals surface area contributed by atoms with Crippen molar-refractivity contribution in [2.75, 3.05) is 6.54 Å². The molecule has 3 fully saturated rings. The lowest BCUT2D eigenvalue weighted by molar-refractivity contribution is 0.426. The van der Waals surface area contributed by atoms with Gasteiger partial charge in [0.1, 0.15) is 14.4 Å². The highest BCUT2D eigenvalue weighted by atomic mass is 15.1. The van der Waals surface area contributed by atoms with Crippen LogP contribution in [-0.2, 0) is 0 Å². The Labute approximate surface area is 185 Å². The molecule has 2 aliphatic carbocycles. The van der Waals surface area contributed by atoms with Gasteiger partial charge in [0.25, 0.3) is 0 Å². The zero-order valence-electron chi connectivity index (χ0n) is 20.3. The molecule has 3 rings (SSSR count). The molecule has 2 saturated carbocycles. The van der Waals surface area contributed by atoms with Gasteiger partial charge in [-0.3, -0.25) is 0 Å². The molecule has 1 atom stereocenters. The van der Waals surface area contributed by atoms with Crippen LogP contribution in [0.25, 0.3) is 0 Å². The highest BCUT2D eigenvalue weighted by molar-refractivity contribution is 7.00. The molecule has 0 bridgehead atoms. The van der Waals surface area contributed by atoms with Gasteiger partial charge in [-0.2, -0.15) is 0 Å². The molecule has 0 aromatic carbocycles. The standard InChI is InChI=1S/C25H50B3N/c1-24(18-12-8-6-7-9-13-19-24)26-23-17-16-22-29(23)28-27-25(2)20-14-10-4-3-5-11-15-21-25/h23,26-28H,3-22H2,1-2H3. The molecule has 1 heterocycles. The monoisotopic (exact) mass is 397 g/mol. The van der Waals surface area contributed by atoms with E-state index in [9.17, 15) is 0 Å². The number of hydrogen-bond acceptors (Lipinski definition) is 1. The largest absolute Gasteiger partial charge is 0.356 e. The molecule has 0 aromatic rings. The van der Waals surface area contributed by atoms with Gasteiger partial charge in [-0.05, 0) is 25.3 Å². The van der Waals surface area contributed by atoms with Gasteiger partial charge < -0.3 is 4.81 Å². The quantitative estimate of drug-likeness (QED) is 0.475. The fraction of sp³-hybridized carbons (Fsp3) is 1.00. The van der Waals surface area contributed by atoms with Crippen LogP contribution in [0.3, 0.4) is 0 Å². The van der Waals surface area contributed by atoms with Gasteiger partial charge in [-0.1, -0.05) is 134 Å². The summed E-state index contributed by atoms with van der Waals surface area (Å²) in [5.41, 5.74) is 0. The second-order valence-electron chi connectivity index (χ2n) is 12.0. The lowest BCUT2D eigenvalue weighted by Crippen LogP contribution is -2.45. The summed E-state index contributed by atoms with van der Waals surface area (Å²) < 4.78 is 0. The fourth-order valence-corrected chi connectivity index (χ4v) is 6.91. The Morgan fingerprint density at radius 1 is 0.586 bits per heavy atom. The van der Waals surface area contributed by atoms with Crippen LogP contribution in [0.15, 0.2) is 0 Å². The first-order chi connectivity index (χ1) is 14.1. The zero-order valence-corrected chi connectivity index (χ0v) is 20.3. The highest BCUT2D eigenvalue weighted by Gasteiger charge is 2.36. The molecule has 4 heteroatoms. The fourth-order valence-electron chi connectivity index (χ4n) is 6.91. The Hall–Kier alpha value is 0.155. The van der Waals surface area contributed by atoms with Crippen molar-refractivity contribution < 1.29 is 0 Å². The summed E-state index contributed by atoms with van der Waals surface area (Å²) in [4.78, 5) is 2.95. The predicted molar refractivity (Wildman–Crippen MR) is 136 cm³/mol. The van der Waals surface area contributed by atoms with Gasteiger partial charge in [-0.15, -0.1) is 0 Å². The van der Waals surface area contributed by atoms with E-state index in [1.54, 1.807) is 0 Å². The van der Waals surface area contributed by atoms with Crippen molar-refractivity contribution in [2.24, 2.45) is 0 Å². The van der Waals surface area contributed by atoms with Crippen molar-refractivity contribution in [3.63, 3.8) is 0 Å². The van der Waals surface area contributed by atoms with E-state index in [2.05, 4.69) is 18.7 Å². The van der Waals surface area contributed by atoms with Crippen LogP contribution >= 0.6 is 0 Å². The Balaban J connectivity index is 1.51. The molecular formula is C25H50B3N. The van der Waals surface area contributed by atoms with E-state index in [0.717, 1.165) is 5.94 Å². The van der Waals surface area contributed by atoms with Gasteiger partial charge in [0.05, 0.1) is 0 Å². The first kappa shape index (κ1) is 23.8. The molecule has 0 aromatic heterocycles. The Kier molecular flexibility index (Phi) is 10.1. The highest BCUT2D eigenvalue weighted by Crippen LogP contribution is 2.42. The number of hydrogen-bond donors (Lipinski definition) is 0. The molecule has 29 heavy (non-hydrogen) atoms. The van der Waals surface area contributed by atoms with Crippen molar-refractivity contribution in [2.45, 2.75) is 152 Å². The Morgan fingerprint density at radius 2 is 1.03 bits per heavy atom. The van der Waals surface area contributed by atoms with Crippen molar-refractivity contribution in [1.29, 1.82) is 0 Å². The van der Waals surface area contributed by atoms with Crippen LogP contribution in [0.4, 0.5) is 0 Å². The zero-order chi connectivity index (χ0) is 20.4. The second kappa shape index (κ2) is 12.3. The maximum Gasteiger partial charge on any atom is 0.165 e. The van der Waals surface area contributed by atoms with Crippen molar-refractivity contribution in [3.05, 3.63) is 0 Å². The summed E-state index contributed by atoms with van der Waals surface area (Å²) in [6, 6.07) is 0. The summed E-state index contributed by atoms with van der Waals surface area (Å²) in [6.07, 6.45) is 28.2. The van der Waals surface area contributed by atoms with Crippen molar-refractivity contribution in [1.82, 2.24) is 4.81 Å². The van der Waals surface area contributed by atoms with Crippen LogP contribution < -0.4 is 0 Å². The molecule has 0 N–H and O–H groups in total. The van der Waals surface area contributed by atoms with E-state index in [0.29, 0.717) is 10.6 Å². The van der Waals surface area contributed by atoms with Crippen LogP contribution in [0.2, 0.25) is 10.6 Å². The first-order valence-electron chi connectivity index (χ1n) is 13.8. The number of rotatable bonds is 5. The SMILES string of the molecule is CC1(BBN2CCCC2BC2(C)CCCCCCCC2)CCCCCCCCC1. The van der Waals surface area contributed by atoms with E-state index >= 15 is 0 Å². The molecule has 0 amide bonds. The Morgan fingerprint density at radius 3 is 1.55 bits per heavy atom. The Bertz CT molecular complexity index is 435.